The van der Waals surface area contributed by atoms with E-state index in [1.165, 1.54) is 154 Å². The molecule has 0 fully saturated rings. The van der Waals surface area contributed by atoms with Crippen LogP contribution >= 0.6 is 0 Å². The van der Waals surface area contributed by atoms with Crippen LogP contribution in [0.15, 0.2) is 48.6 Å². The molecule has 0 aromatic carbocycles. The van der Waals surface area contributed by atoms with Crippen molar-refractivity contribution in [1.82, 2.24) is 4.90 Å². The maximum Gasteiger partial charge on any atom is 0.505 e. The van der Waals surface area contributed by atoms with Gasteiger partial charge in [0.15, 0.2) is 0 Å². The molecule has 49 heavy (non-hydrogen) atoms. The van der Waals surface area contributed by atoms with Gasteiger partial charge in [0.05, 0.1) is 6.61 Å². The molecule has 0 aromatic rings. The van der Waals surface area contributed by atoms with Gasteiger partial charge < -0.3 is 14.7 Å². The van der Waals surface area contributed by atoms with Gasteiger partial charge in [0.25, 0.3) is 0 Å². The Morgan fingerprint density at radius 2 is 0.918 bits per heavy atom. The predicted molar refractivity (Wildman–Crippen MR) is 217 cm³/mol. The lowest BCUT2D eigenvalue weighted by atomic mass is 9.84. The third-order valence-corrected chi connectivity index (χ3v) is 9.70. The van der Waals surface area contributed by atoms with Gasteiger partial charge in [-0.05, 0) is 116 Å². The van der Waals surface area contributed by atoms with Crippen LogP contribution < -0.4 is 0 Å². The van der Waals surface area contributed by atoms with E-state index in [0.29, 0.717) is 18.4 Å². The van der Waals surface area contributed by atoms with Gasteiger partial charge in [0.2, 0.25) is 0 Å². The fourth-order valence-corrected chi connectivity index (χ4v) is 6.66. The summed E-state index contributed by atoms with van der Waals surface area (Å²) in [6, 6.07) is 0. The molecule has 286 valence electrons. The van der Waals surface area contributed by atoms with E-state index >= 15 is 0 Å². The Labute approximate surface area is 306 Å². The highest BCUT2D eigenvalue weighted by Crippen LogP contribution is 2.28. The third-order valence-electron chi connectivity index (χ3n) is 9.70. The number of hydrogen-bond donors (Lipinski definition) is 1. The summed E-state index contributed by atoms with van der Waals surface area (Å²) < 4.78 is 5.16. The quantitative estimate of drug-likeness (QED) is 0.0402. The van der Waals surface area contributed by atoms with E-state index in [4.69, 9.17) is 4.74 Å². The number of rotatable bonds is 37. The number of carbonyl (C=O) groups is 1. The van der Waals surface area contributed by atoms with E-state index in [1.54, 1.807) is 0 Å². The van der Waals surface area contributed by atoms with Crippen molar-refractivity contribution >= 4 is 6.16 Å². The lowest BCUT2D eigenvalue weighted by Gasteiger charge is -2.24. The van der Waals surface area contributed by atoms with Crippen LogP contribution in [0.4, 0.5) is 4.79 Å². The molecule has 0 rings (SSSR count). The minimum atomic E-state index is -1.12. The SMILES string of the molecule is CCCCC/C=C\C/C=C\CCCCCCCCC(COC(=O)O)CC(CCCCCC/C=C\C/C=C\CCCCC)CCCCN(C)C. The molecule has 0 spiro atoms. The van der Waals surface area contributed by atoms with Crippen LogP contribution in [-0.2, 0) is 4.74 Å². The van der Waals surface area contributed by atoms with Gasteiger partial charge in [0, 0.05) is 0 Å². The van der Waals surface area contributed by atoms with E-state index < -0.39 is 6.16 Å². The number of ether oxygens (including phenoxy) is 1. The number of unbranched alkanes of at least 4 members (excludes halogenated alkanes) is 17. The summed E-state index contributed by atoms with van der Waals surface area (Å²) in [6.45, 7) is 6.03. The van der Waals surface area contributed by atoms with Crippen molar-refractivity contribution in [3.05, 3.63) is 48.6 Å². The molecule has 0 aliphatic rings. The molecule has 0 bridgehead atoms. The summed E-state index contributed by atoms with van der Waals surface area (Å²) in [5.41, 5.74) is 0. The van der Waals surface area contributed by atoms with Gasteiger partial charge in [-0.1, -0.05) is 159 Å². The molecule has 4 heteroatoms. The van der Waals surface area contributed by atoms with Gasteiger partial charge in [-0.3, -0.25) is 0 Å². The molecule has 0 radical (unpaired) electrons. The predicted octanol–water partition coefficient (Wildman–Crippen LogP) is 14.7. The third kappa shape index (κ3) is 38.8. The first-order chi connectivity index (χ1) is 24.0. The fourth-order valence-electron chi connectivity index (χ4n) is 6.66. The monoisotopic (exact) mass is 686 g/mol. The van der Waals surface area contributed by atoms with Gasteiger partial charge in [-0.15, -0.1) is 0 Å². The highest BCUT2D eigenvalue weighted by molar-refractivity contribution is 5.56. The maximum atomic E-state index is 11.3. The number of allylic oxidation sites excluding steroid dienone is 8. The maximum absolute atomic E-state index is 11.3. The first-order valence-electron chi connectivity index (χ1n) is 21.1. The zero-order chi connectivity index (χ0) is 35.9. The molecule has 0 aliphatic carbocycles. The second-order valence-corrected chi connectivity index (χ2v) is 14.9. The Balaban J connectivity index is 4.40. The van der Waals surface area contributed by atoms with Crippen molar-refractivity contribution in [3.8, 4) is 0 Å². The Bertz CT molecular complexity index is 799. The molecule has 2 unspecified atom stereocenters. The average molecular weight is 686 g/mol. The van der Waals surface area contributed by atoms with E-state index in [0.717, 1.165) is 32.2 Å². The van der Waals surface area contributed by atoms with Gasteiger partial charge in [0.1, 0.15) is 0 Å². The summed E-state index contributed by atoms with van der Waals surface area (Å²) in [5.74, 6) is 1.03. The molecule has 0 aromatic heterocycles. The second-order valence-electron chi connectivity index (χ2n) is 14.9. The fraction of sp³-hybridized carbons (Fsp3) is 0.800. The summed E-state index contributed by atoms with van der Waals surface area (Å²) in [4.78, 5) is 13.5. The van der Waals surface area contributed by atoms with Crippen molar-refractivity contribution in [2.45, 2.75) is 194 Å². The summed E-state index contributed by atoms with van der Waals surface area (Å²) in [5, 5.41) is 9.24. The molecule has 0 heterocycles. The lowest BCUT2D eigenvalue weighted by molar-refractivity contribution is 0.0693. The van der Waals surface area contributed by atoms with E-state index in [1.807, 2.05) is 0 Å². The molecule has 4 nitrogen and oxygen atoms in total. The van der Waals surface area contributed by atoms with Crippen LogP contribution in [0.25, 0.3) is 0 Å². The zero-order valence-electron chi connectivity index (χ0n) is 33.2. The Hall–Kier alpha value is -1.81. The second kappa shape index (κ2) is 39.0. The summed E-state index contributed by atoms with van der Waals surface area (Å²) in [6.07, 6.45) is 52.5. The Kier molecular flexibility index (Phi) is 37.5. The smallest absolute Gasteiger partial charge is 0.450 e. The Morgan fingerprint density at radius 3 is 1.35 bits per heavy atom. The van der Waals surface area contributed by atoms with Crippen molar-refractivity contribution in [3.63, 3.8) is 0 Å². The standard InChI is InChI=1S/C45H83NO3/c1-5-7-9-11-13-15-17-19-21-22-24-26-28-30-32-34-39-44(42-49-45(47)48)41-43(38-35-36-40-46(3)4)37-33-31-29-27-25-23-20-18-16-14-12-10-8-6-2/h13-16,19-21,23,43-44H,5-12,17-18,22,24-42H2,1-4H3,(H,47,48)/b15-13-,16-14-,21-19-,23-20-. The molecule has 0 amide bonds. The van der Waals surface area contributed by atoms with Crippen LogP contribution in [0.1, 0.15) is 194 Å². The minimum Gasteiger partial charge on any atom is -0.450 e. The first-order valence-corrected chi connectivity index (χ1v) is 21.1. The Morgan fingerprint density at radius 1 is 0.531 bits per heavy atom. The highest BCUT2D eigenvalue weighted by Gasteiger charge is 2.18. The molecule has 0 saturated heterocycles. The molecule has 1 N–H and O–H groups in total. The molecule has 0 saturated carbocycles. The van der Waals surface area contributed by atoms with Crippen molar-refractivity contribution in [2.24, 2.45) is 11.8 Å². The van der Waals surface area contributed by atoms with Crippen molar-refractivity contribution < 1.29 is 14.6 Å². The largest absolute Gasteiger partial charge is 0.505 e. The normalized spacial score (nSPS) is 13.6. The van der Waals surface area contributed by atoms with E-state index in [2.05, 4.69) is 81.5 Å². The van der Waals surface area contributed by atoms with E-state index in [9.17, 15) is 9.90 Å². The van der Waals surface area contributed by atoms with Crippen LogP contribution in [0.5, 0.6) is 0 Å². The molecular formula is C45H83NO3. The average Bonchev–Trinajstić information content (AvgIpc) is 3.08. The van der Waals surface area contributed by atoms with Crippen molar-refractivity contribution in [1.29, 1.82) is 0 Å². The van der Waals surface area contributed by atoms with E-state index in [-0.39, 0.29) is 0 Å². The summed E-state index contributed by atoms with van der Waals surface area (Å²) >= 11 is 0. The number of hydrogen-bond acceptors (Lipinski definition) is 3. The van der Waals surface area contributed by atoms with Gasteiger partial charge in [-0.25, -0.2) is 4.79 Å². The van der Waals surface area contributed by atoms with Crippen LogP contribution in [-0.4, -0.2) is 43.4 Å². The zero-order valence-corrected chi connectivity index (χ0v) is 33.2. The molecule has 2 atom stereocenters. The number of nitrogens with zero attached hydrogens (tertiary/aromatic N) is 1. The highest BCUT2D eigenvalue weighted by atomic mass is 16.7. The van der Waals surface area contributed by atoms with Crippen LogP contribution in [0.2, 0.25) is 0 Å². The lowest BCUT2D eigenvalue weighted by Crippen LogP contribution is -2.18. The summed E-state index contributed by atoms with van der Waals surface area (Å²) in [7, 11) is 4.31. The van der Waals surface area contributed by atoms with Crippen molar-refractivity contribution in [2.75, 3.05) is 27.2 Å². The molecular weight excluding hydrogens is 602 g/mol. The van der Waals surface area contributed by atoms with Crippen LogP contribution in [0, 0.1) is 11.8 Å². The first kappa shape index (κ1) is 47.2. The van der Waals surface area contributed by atoms with Gasteiger partial charge in [-0.2, -0.15) is 0 Å². The number of carboxylic acid groups (broad SMARTS) is 1. The topological polar surface area (TPSA) is 49.8 Å². The van der Waals surface area contributed by atoms with Crippen LogP contribution in [0.3, 0.4) is 0 Å². The van der Waals surface area contributed by atoms with Gasteiger partial charge >= 0.3 is 6.16 Å². The minimum absolute atomic E-state index is 0.353. The molecule has 0 aliphatic heterocycles.